The van der Waals surface area contributed by atoms with Crippen LogP contribution in [0.2, 0.25) is 0 Å². The molecular formula is C34H64N2O2. The number of carbonyl (C=O) groups is 2. The second kappa shape index (κ2) is 25.9. The van der Waals surface area contributed by atoms with Crippen LogP contribution in [-0.4, -0.2) is 17.9 Å². The largest absolute Gasteiger partial charge is 0.344 e. The van der Waals surface area contributed by atoms with E-state index in [0.717, 1.165) is 31.4 Å². The van der Waals surface area contributed by atoms with Gasteiger partial charge in [-0.05, 0) is 18.9 Å². The molecule has 0 saturated carbocycles. The summed E-state index contributed by atoms with van der Waals surface area (Å²) < 4.78 is 0. The number of hydrogen-bond donors (Lipinski definition) is 2. The Morgan fingerprint density at radius 1 is 0.500 bits per heavy atom. The van der Waals surface area contributed by atoms with Gasteiger partial charge in [0.25, 0.3) is 0 Å². The first-order valence-corrected chi connectivity index (χ1v) is 17.0. The second-order valence-corrected chi connectivity index (χ2v) is 11.8. The van der Waals surface area contributed by atoms with Crippen LogP contribution < -0.4 is 10.6 Å². The average molecular weight is 533 g/mol. The molecule has 0 aromatic rings. The lowest BCUT2D eigenvalue weighted by atomic mass is 10.0. The van der Waals surface area contributed by atoms with Crippen LogP contribution in [0.5, 0.6) is 0 Å². The van der Waals surface area contributed by atoms with Crippen molar-refractivity contribution >= 4 is 11.8 Å². The van der Waals surface area contributed by atoms with Crippen molar-refractivity contribution in [1.82, 2.24) is 10.6 Å². The molecule has 0 radical (unpaired) electrons. The lowest BCUT2D eigenvalue weighted by Crippen LogP contribution is -2.31. The molecule has 0 aromatic heterocycles. The minimum atomic E-state index is -0.0459. The second-order valence-electron chi connectivity index (χ2n) is 11.8. The number of unbranched alkanes of at least 4 members (excludes halogenated alkanes) is 23. The van der Waals surface area contributed by atoms with Crippen LogP contribution in [0.1, 0.15) is 187 Å². The van der Waals surface area contributed by atoms with Crippen molar-refractivity contribution in [2.75, 3.05) is 0 Å². The zero-order chi connectivity index (χ0) is 27.5. The van der Waals surface area contributed by atoms with Gasteiger partial charge in [0.2, 0.25) is 11.8 Å². The topological polar surface area (TPSA) is 58.2 Å². The summed E-state index contributed by atoms with van der Waals surface area (Å²) in [5, 5.41) is 6.00. The third kappa shape index (κ3) is 22.6. The van der Waals surface area contributed by atoms with Gasteiger partial charge in [0.15, 0.2) is 0 Å². The maximum absolute atomic E-state index is 12.2. The van der Waals surface area contributed by atoms with Crippen LogP contribution in [0.25, 0.3) is 0 Å². The molecule has 1 rings (SSSR count). The normalized spacial score (nSPS) is 14.4. The van der Waals surface area contributed by atoms with Gasteiger partial charge in [-0.2, -0.15) is 0 Å². The summed E-state index contributed by atoms with van der Waals surface area (Å²) in [7, 11) is 0. The summed E-state index contributed by atoms with van der Waals surface area (Å²) in [6.45, 7) is 4.54. The van der Waals surface area contributed by atoms with E-state index in [9.17, 15) is 9.59 Å². The summed E-state index contributed by atoms with van der Waals surface area (Å²) in [5.41, 5.74) is 0.882. The zero-order valence-electron chi connectivity index (χ0n) is 25.6. The summed E-state index contributed by atoms with van der Waals surface area (Å²) in [6.07, 6.45) is 35.9. The van der Waals surface area contributed by atoms with E-state index < -0.39 is 0 Å². The molecule has 0 bridgehead atoms. The fourth-order valence-corrected chi connectivity index (χ4v) is 5.27. The zero-order valence-corrected chi connectivity index (χ0v) is 25.6. The van der Waals surface area contributed by atoms with Crippen LogP contribution in [0.4, 0.5) is 0 Å². The summed E-state index contributed by atoms with van der Waals surface area (Å²) >= 11 is 0. The number of carbonyl (C=O) groups excluding carboxylic acids is 2. The maximum Gasteiger partial charge on any atom is 0.224 e. The predicted octanol–water partition coefficient (Wildman–Crippen LogP) is 10.1. The summed E-state index contributed by atoms with van der Waals surface area (Å²) in [6, 6.07) is -0.0459. The van der Waals surface area contributed by atoms with Crippen molar-refractivity contribution in [3.05, 3.63) is 11.8 Å². The lowest BCUT2D eigenvalue weighted by molar-refractivity contribution is -0.122. The van der Waals surface area contributed by atoms with Crippen LogP contribution >= 0.6 is 0 Å². The van der Waals surface area contributed by atoms with Crippen molar-refractivity contribution in [2.24, 2.45) is 0 Å². The molecule has 1 unspecified atom stereocenters. The average Bonchev–Trinajstić information content (AvgIpc) is 3.63. The molecule has 1 aliphatic carbocycles. The predicted molar refractivity (Wildman–Crippen MR) is 164 cm³/mol. The third-order valence-corrected chi connectivity index (χ3v) is 7.94. The molecule has 4 nitrogen and oxygen atoms in total. The Labute approximate surface area is 237 Å². The highest BCUT2D eigenvalue weighted by Gasteiger charge is 2.27. The van der Waals surface area contributed by atoms with Crippen molar-refractivity contribution in [3.63, 3.8) is 0 Å². The van der Waals surface area contributed by atoms with E-state index in [2.05, 4.69) is 24.5 Å². The minimum Gasteiger partial charge on any atom is -0.344 e. The van der Waals surface area contributed by atoms with E-state index >= 15 is 0 Å². The Kier molecular flexibility index (Phi) is 23.7. The Morgan fingerprint density at radius 3 is 1.18 bits per heavy atom. The van der Waals surface area contributed by atoms with Crippen LogP contribution in [-0.2, 0) is 9.59 Å². The highest BCUT2D eigenvalue weighted by molar-refractivity contribution is 5.81. The summed E-state index contributed by atoms with van der Waals surface area (Å²) in [5.74, 6) is 0.205. The Balaban J connectivity index is 1.82. The SMILES string of the molecule is CCCCCCCCCCCCCCCC(=O)NC1=CC1NC(=O)CCCCCCCCCCCCCC. The number of amides is 2. The number of hydrogen-bond acceptors (Lipinski definition) is 2. The van der Waals surface area contributed by atoms with E-state index in [-0.39, 0.29) is 17.9 Å². The maximum atomic E-state index is 12.2. The molecular weight excluding hydrogens is 468 g/mol. The first-order valence-electron chi connectivity index (χ1n) is 17.0. The molecule has 0 fully saturated rings. The molecule has 0 spiro atoms. The molecule has 0 saturated heterocycles. The molecule has 0 aliphatic heterocycles. The smallest absolute Gasteiger partial charge is 0.224 e. The van der Waals surface area contributed by atoms with Crippen molar-refractivity contribution in [1.29, 1.82) is 0 Å². The lowest BCUT2D eigenvalue weighted by Gasteiger charge is -2.07. The van der Waals surface area contributed by atoms with Gasteiger partial charge in [-0.1, -0.05) is 162 Å². The molecule has 222 valence electrons. The quantitative estimate of drug-likeness (QED) is 0.0941. The highest BCUT2D eigenvalue weighted by Crippen LogP contribution is 2.18. The Morgan fingerprint density at radius 2 is 0.816 bits per heavy atom. The van der Waals surface area contributed by atoms with Crippen LogP contribution in [0.3, 0.4) is 0 Å². The first kappa shape index (κ1) is 34.7. The third-order valence-electron chi connectivity index (χ3n) is 7.94. The van der Waals surface area contributed by atoms with E-state index in [0.29, 0.717) is 12.8 Å². The monoisotopic (exact) mass is 532 g/mol. The molecule has 2 N–H and O–H groups in total. The van der Waals surface area contributed by atoms with Crippen LogP contribution in [0.15, 0.2) is 11.8 Å². The standard InChI is InChI=1S/C34H64N2O2/c1-3-5-7-9-11-13-15-17-19-21-23-25-27-29-34(38)36-32-30-31(32)35-33(37)28-26-24-22-20-18-16-14-12-10-8-6-4-2/h30-31H,3-29H2,1-2H3,(H,35,37)(H,36,38). The van der Waals surface area contributed by atoms with Gasteiger partial charge < -0.3 is 10.6 Å². The van der Waals surface area contributed by atoms with Gasteiger partial charge >= 0.3 is 0 Å². The van der Waals surface area contributed by atoms with Crippen molar-refractivity contribution < 1.29 is 9.59 Å². The molecule has 1 atom stereocenters. The fraction of sp³-hybridized carbons (Fsp3) is 0.882. The van der Waals surface area contributed by atoms with E-state index in [4.69, 9.17) is 0 Å². The van der Waals surface area contributed by atoms with E-state index in [1.165, 1.54) is 135 Å². The Hall–Kier alpha value is -1.32. The number of rotatable bonds is 29. The van der Waals surface area contributed by atoms with E-state index in [1.807, 2.05) is 6.08 Å². The van der Waals surface area contributed by atoms with Crippen LogP contribution in [0, 0.1) is 0 Å². The Bertz CT molecular complexity index is 601. The molecule has 2 amide bonds. The highest BCUT2D eigenvalue weighted by atomic mass is 16.2. The molecule has 4 heteroatoms. The van der Waals surface area contributed by atoms with Gasteiger partial charge in [0.1, 0.15) is 0 Å². The number of nitrogens with one attached hydrogen (secondary N) is 2. The summed E-state index contributed by atoms with van der Waals surface area (Å²) in [4.78, 5) is 24.3. The van der Waals surface area contributed by atoms with Gasteiger partial charge in [0.05, 0.1) is 6.04 Å². The molecule has 0 heterocycles. The van der Waals surface area contributed by atoms with Gasteiger partial charge in [-0.25, -0.2) is 0 Å². The molecule has 38 heavy (non-hydrogen) atoms. The minimum absolute atomic E-state index is 0.0459. The van der Waals surface area contributed by atoms with Gasteiger partial charge in [0, 0.05) is 18.5 Å². The fourth-order valence-electron chi connectivity index (χ4n) is 5.27. The van der Waals surface area contributed by atoms with E-state index in [1.54, 1.807) is 0 Å². The molecule has 1 aliphatic rings. The van der Waals surface area contributed by atoms with Crippen molar-refractivity contribution in [2.45, 2.75) is 193 Å². The first-order chi connectivity index (χ1) is 18.7. The van der Waals surface area contributed by atoms with Gasteiger partial charge in [-0.15, -0.1) is 0 Å². The van der Waals surface area contributed by atoms with Crippen molar-refractivity contribution in [3.8, 4) is 0 Å². The van der Waals surface area contributed by atoms with Gasteiger partial charge in [-0.3, -0.25) is 9.59 Å². The molecule has 0 aromatic carbocycles.